The molecule has 2 amide bonds. The van der Waals surface area contributed by atoms with Crippen molar-refractivity contribution in [1.82, 2.24) is 10.3 Å². The fourth-order valence-electron chi connectivity index (χ4n) is 3.62. The molecule has 146 valence electrons. The summed E-state index contributed by atoms with van der Waals surface area (Å²) in [6.45, 7) is 0.351. The Morgan fingerprint density at radius 1 is 1.07 bits per heavy atom. The number of aromatic nitrogens is 1. The maximum Gasteiger partial charge on any atom is 0.260 e. The maximum atomic E-state index is 13.0. The van der Waals surface area contributed by atoms with E-state index in [0.29, 0.717) is 17.8 Å². The molecule has 0 saturated heterocycles. The molecule has 1 atom stereocenters. The van der Waals surface area contributed by atoms with Gasteiger partial charge in [-0.3, -0.25) is 19.5 Å². The van der Waals surface area contributed by atoms with Crippen molar-refractivity contribution in [3.05, 3.63) is 89.7 Å². The number of hydrogen-bond acceptors (Lipinski definition) is 4. The molecule has 3 aromatic rings. The van der Waals surface area contributed by atoms with Crippen LogP contribution >= 0.6 is 0 Å². The summed E-state index contributed by atoms with van der Waals surface area (Å²) in [5, 5.41) is 2.93. The number of ether oxygens (including phenoxy) is 1. The second-order valence-corrected chi connectivity index (χ2v) is 6.76. The molecule has 1 N–H and O–H groups in total. The molecular weight excluding hydrogens is 366 g/mol. The van der Waals surface area contributed by atoms with Gasteiger partial charge < -0.3 is 10.1 Å². The summed E-state index contributed by atoms with van der Waals surface area (Å²) >= 11 is 0. The molecule has 0 saturated carbocycles. The Hall–Kier alpha value is -3.67. The minimum absolute atomic E-state index is 0.125. The molecule has 4 rings (SSSR count). The first-order chi connectivity index (χ1) is 14.2. The molecule has 0 unspecified atom stereocenters. The Kier molecular flexibility index (Phi) is 5.24. The first-order valence-electron chi connectivity index (χ1n) is 9.41. The summed E-state index contributed by atoms with van der Waals surface area (Å²) in [5.74, 6) is 0.428. The average molecular weight is 387 g/mol. The molecule has 0 aliphatic carbocycles. The number of para-hydroxylation sites is 2. The lowest BCUT2D eigenvalue weighted by molar-refractivity contribution is -0.121. The van der Waals surface area contributed by atoms with Gasteiger partial charge in [-0.15, -0.1) is 0 Å². The number of carbonyl (C=O) groups is 2. The second-order valence-electron chi connectivity index (χ2n) is 6.76. The predicted octanol–water partition coefficient (Wildman–Crippen LogP) is 3.50. The van der Waals surface area contributed by atoms with Gasteiger partial charge in [-0.25, -0.2) is 0 Å². The van der Waals surface area contributed by atoms with Gasteiger partial charge in [0.15, 0.2) is 0 Å². The smallest absolute Gasteiger partial charge is 0.260 e. The van der Waals surface area contributed by atoms with Gasteiger partial charge in [-0.1, -0.05) is 36.4 Å². The highest BCUT2D eigenvalue weighted by Gasteiger charge is 2.39. The van der Waals surface area contributed by atoms with Crippen LogP contribution in [0.25, 0.3) is 0 Å². The Morgan fingerprint density at radius 3 is 2.62 bits per heavy atom. The van der Waals surface area contributed by atoms with Gasteiger partial charge >= 0.3 is 0 Å². The van der Waals surface area contributed by atoms with Crippen LogP contribution in [0, 0.1) is 0 Å². The minimum atomic E-state index is -0.446. The molecule has 29 heavy (non-hydrogen) atoms. The first-order valence-corrected chi connectivity index (χ1v) is 9.41. The SMILES string of the molecule is COc1ccccc1CNC(=O)C[C@@H]1c2ncccc2C(=O)N1c1ccccc1. The Balaban J connectivity index is 1.55. The molecule has 0 radical (unpaired) electrons. The summed E-state index contributed by atoms with van der Waals surface area (Å²) in [5.41, 5.74) is 2.81. The number of anilines is 1. The topological polar surface area (TPSA) is 71.5 Å². The van der Waals surface area contributed by atoms with Gasteiger partial charge in [-0.05, 0) is 30.3 Å². The molecule has 6 heteroatoms. The van der Waals surface area contributed by atoms with E-state index in [0.717, 1.165) is 17.0 Å². The third-order valence-corrected chi connectivity index (χ3v) is 5.00. The number of pyridine rings is 1. The Bertz CT molecular complexity index is 1040. The summed E-state index contributed by atoms with van der Waals surface area (Å²) < 4.78 is 5.33. The van der Waals surface area contributed by atoms with Crippen molar-refractivity contribution in [3.8, 4) is 5.75 Å². The van der Waals surface area contributed by atoms with Crippen molar-refractivity contribution in [2.75, 3.05) is 12.0 Å². The van der Waals surface area contributed by atoms with Crippen LogP contribution in [0.2, 0.25) is 0 Å². The van der Waals surface area contributed by atoms with Crippen molar-refractivity contribution in [2.24, 2.45) is 0 Å². The van der Waals surface area contributed by atoms with Crippen molar-refractivity contribution in [2.45, 2.75) is 19.0 Å². The normalized spacial score (nSPS) is 15.1. The molecule has 1 aliphatic rings. The Labute approximate surface area is 169 Å². The van der Waals surface area contributed by atoms with Gasteiger partial charge in [0.1, 0.15) is 5.75 Å². The summed E-state index contributed by atoms with van der Waals surface area (Å²) in [6.07, 6.45) is 1.78. The number of carbonyl (C=O) groups excluding carboxylic acids is 2. The van der Waals surface area contributed by atoms with E-state index in [1.54, 1.807) is 30.3 Å². The lowest BCUT2D eigenvalue weighted by Crippen LogP contribution is -2.33. The quantitative estimate of drug-likeness (QED) is 0.703. The average Bonchev–Trinajstić information content (AvgIpc) is 3.05. The summed E-state index contributed by atoms with van der Waals surface area (Å²) in [7, 11) is 1.60. The van der Waals surface area contributed by atoms with Gasteiger partial charge in [0.2, 0.25) is 5.91 Å². The van der Waals surface area contributed by atoms with Crippen molar-refractivity contribution < 1.29 is 14.3 Å². The number of benzene rings is 2. The van der Waals surface area contributed by atoms with Crippen LogP contribution in [0.1, 0.15) is 34.1 Å². The third-order valence-electron chi connectivity index (χ3n) is 5.00. The van der Waals surface area contributed by atoms with Crippen molar-refractivity contribution in [1.29, 1.82) is 0 Å². The van der Waals surface area contributed by atoms with Crippen LogP contribution in [0.5, 0.6) is 5.75 Å². The third kappa shape index (κ3) is 3.69. The predicted molar refractivity (Wildman–Crippen MR) is 110 cm³/mol. The second kappa shape index (κ2) is 8.14. The van der Waals surface area contributed by atoms with E-state index in [2.05, 4.69) is 10.3 Å². The monoisotopic (exact) mass is 387 g/mol. The molecule has 6 nitrogen and oxygen atoms in total. The van der Waals surface area contributed by atoms with E-state index < -0.39 is 6.04 Å². The number of nitrogens with zero attached hydrogens (tertiary/aromatic N) is 2. The van der Waals surface area contributed by atoms with Crippen molar-refractivity contribution in [3.63, 3.8) is 0 Å². The van der Waals surface area contributed by atoms with E-state index >= 15 is 0 Å². The molecule has 2 heterocycles. The first kappa shape index (κ1) is 18.7. The fourth-order valence-corrected chi connectivity index (χ4v) is 3.62. The van der Waals surface area contributed by atoms with Gasteiger partial charge in [-0.2, -0.15) is 0 Å². The standard InChI is InChI=1S/C23H21N3O3/c1-29-20-12-6-5-8-16(20)15-25-21(27)14-19-22-18(11-7-13-24-22)23(28)26(19)17-9-3-2-4-10-17/h2-13,19H,14-15H2,1H3,(H,25,27)/t19-/m1/s1. The highest BCUT2D eigenvalue weighted by molar-refractivity contribution is 6.11. The molecule has 0 bridgehead atoms. The summed E-state index contributed by atoms with van der Waals surface area (Å²) in [4.78, 5) is 31.8. The van der Waals surface area contributed by atoms with Gasteiger partial charge in [0, 0.05) is 24.0 Å². The van der Waals surface area contributed by atoms with E-state index in [-0.39, 0.29) is 18.2 Å². The molecule has 1 aliphatic heterocycles. The summed E-state index contributed by atoms with van der Waals surface area (Å²) in [6, 6.07) is 20.0. The largest absolute Gasteiger partial charge is 0.496 e. The molecule has 2 aromatic carbocycles. The molecular formula is C23H21N3O3. The van der Waals surface area contributed by atoms with Crippen LogP contribution in [0.15, 0.2) is 72.9 Å². The highest BCUT2D eigenvalue weighted by atomic mass is 16.5. The van der Waals surface area contributed by atoms with E-state index in [4.69, 9.17) is 4.74 Å². The van der Waals surface area contributed by atoms with Crippen LogP contribution in [-0.4, -0.2) is 23.9 Å². The van der Waals surface area contributed by atoms with E-state index in [1.807, 2.05) is 54.6 Å². The lowest BCUT2D eigenvalue weighted by Gasteiger charge is -2.24. The van der Waals surface area contributed by atoms with Crippen LogP contribution in [0.4, 0.5) is 5.69 Å². The number of nitrogens with one attached hydrogen (secondary N) is 1. The molecule has 1 aromatic heterocycles. The number of fused-ring (bicyclic) bond motifs is 1. The fraction of sp³-hybridized carbons (Fsp3) is 0.174. The zero-order chi connectivity index (χ0) is 20.2. The molecule has 0 fully saturated rings. The number of methoxy groups -OCH3 is 1. The zero-order valence-corrected chi connectivity index (χ0v) is 16.0. The highest BCUT2D eigenvalue weighted by Crippen LogP contribution is 2.38. The maximum absolute atomic E-state index is 13.0. The lowest BCUT2D eigenvalue weighted by atomic mass is 10.1. The molecule has 0 spiro atoms. The van der Waals surface area contributed by atoms with E-state index in [1.165, 1.54) is 0 Å². The number of amides is 2. The zero-order valence-electron chi connectivity index (χ0n) is 16.0. The van der Waals surface area contributed by atoms with Crippen LogP contribution in [0.3, 0.4) is 0 Å². The number of rotatable bonds is 6. The van der Waals surface area contributed by atoms with Gasteiger partial charge in [0.25, 0.3) is 5.91 Å². The van der Waals surface area contributed by atoms with Crippen LogP contribution < -0.4 is 15.0 Å². The number of hydrogen-bond donors (Lipinski definition) is 1. The van der Waals surface area contributed by atoms with Gasteiger partial charge in [0.05, 0.1) is 30.8 Å². The Morgan fingerprint density at radius 2 is 1.83 bits per heavy atom. The minimum Gasteiger partial charge on any atom is -0.496 e. The van der Waals surface area contributed by atoms with Crippen LogP contribution in [-0.2, 0) is 11.3 Å². The van der Waals surface area contributed by atoms with Crippen molar-refractivity contribution >= 4 is 17.5 Å². The van der Waals surface area contributed by atoms with E-state index in [9.17, 15) is 9.59 Å².